The molecule has 2 heterocycles. The fourth-order valence-corrected chi connectivity index (χ4v) is 4.17. The van der Waals surface area contributed by atoms with Crippen LogP contribution in [0.3, 0.4) is 0 Å². The maximum absolute atomic E-state index is 12.7. The summed E-state index contributed by atoms with van der Waals surface area (Å²) in [6, 6.07) is 11.7. The van der Waals surface area contributed by atoms with Gasteiger partial charge in [0, 0.05) is 37.7 Å². The van der Waals surface area contributed by atoms with Crippen molar-refractivity contribution in [2.75, 3.05) is 13.2 Å². The summed E-state index contributed by atoms with van der Waals surface area (Å²) in [6.45, 7) is 1.80. The number of likely N-dealkylation sites (tertiary alicyclic amines) is 1. The van der Waals surface area contributed by atoms with E-state index < -0.39 is 0 Å². The van der Waals surface area contributed by atoms with Crippen molar-refractivity contribution in [3.63, 3.8) is 0 Å². The fourth-order valence-electron chi connectivity index (χ4n) is 4.17. The zero-order valence-electron chi connectivity index (χ0n) is 15.9. The minimum absolute atomic E-state index is 0.00231. The van der Waals surface area contributed by atoms with Crippen LogP contribution < -0.4 is 5.32 Å². The minimum Gasteiger partial charge on any atom is -0.394 e. The number of pyridine rings is 1. The number of rotatable bonds is 6. The van der Waals surface area contributed by atoms with Crippen molar-refractivity contribution in [3.8, 4) is 11.1 Å². The molecule has 146 valence electrons. The maximum Gasteiger partial charge on any atom is 0.226 e. The molecule has 0 spiro atoms. The lowest BCUT2D eigenvalue weighted by atomic mass is 9.74. The second-order valence-electron chi connectivity index (χ2n) is 7.66. The van der Waals surface area contributed by atoms with E-state index in [0.29, 0.717) is 6.54 Å². The number of carbonyl (C=O) groups is 2. The van der Waals surface area contributed by atoms with Gasteiger partial charge >= 0.3 is 0 Å². The molecule has 0 unspecified atom stereocenters. The Hall–Kier alpha value is -2.73. The van der Waals surface area contributed by atoms with Gasteiger partial charge in [0.2, 0.25) is 11.8 Å². The highest BCUT2D eigenvalue weighted by atomic mass is 16.3. The second-order valence-corrected chi connectivity index (χ2v) is 7.66. The third-order valence-corrected chi connectivity index (χ3v) is 5.76. The highest BCUT2D eigenvalue weighted by molar-refractivity contribution is 5.83. The number of hydrogen-bond acceptors (Lipinski definition) is 4. The number of aliphatic hydroxyl groups excluding tert-OH is 1. The quantitative estimate of drug-likeness (QED) is 0.804. The van der Waals surface area contributed by atoms with Crippen molar-refractivity contribution >= 4 is 11.8 Å². The number of benzene rings is 1. The summed E-state index contributed by atoms with van der Waals surface area (Å²) in [4.78, 5) is 30.1. The molecule has 6 nitrogen and oxygen atoms in total. The zero-order valence-corrected chi connectivity index (χ0v) is 15.9. The molecule has 2 aromatic rings. The van der Waals surface area contributed by atoms with Crippen LogP contribution in [0.15, 0.2) is 48.8 Å². The summed E-state index contributed by atoms with van der Waals surface area (Å²) in [5.74, 6) is 0.0832. The van der Waals surface area contributed by atoms with Gasteiger partial charge in [0.25, 0.3) is 0 Å². The van der Waals surface area contributed by atoms with Gasteiger partial charge in [0.05, 0.1) is 18.7 Å². The molecule has 1 saturated heterocycles. The fraction of sp³-hybridized carbons (Fsp3) is 0.409. The molecule has 0 bridgehead atoms. The molecule has 3 atom stereocenters. The molecular formula is C22H25N3O3. The third-order valence-electron chi connectivity index (χ3n) is 5.76. The Bertz CT molecular complexity index is 849. The van der Waals surface area contributed by atoms with Crippen molar-refractivity contribution in [2.45, 2.75) is 37.8 Å². The van der Waals surface area contributed by atoms with Crippen LogP contribution in [-0.2, 0) is 9.59 Å². The van der Waals surface area contributed by atoms with Gasteiger partial charge in [-0.3, -0.25) is 14.6 Å². The van der Waals surface area contributed by atoms with E-state index in [4.69, 9.17) is 0 Å². The van der Waals surface area contributed by atoms with Gasteiger partial charge in [-0.05, 0) is 35.6 Å². The SMILES string of the molecule is CC(=O)NC[C@H]1[C@@H](c2ccc(-c3cccnc3)cc2)[C@H](CO)N1C(=O)C1CC1. The zero-order chi connectivity index (χ0) is 19.7. The van der Waals surface area contributed by atoms with Gasteiger partial charge < -0.3 is 15.3 Å². The van der Waals surface area contributed by atoms with Crippen LogP contribution in [0.1, 0.15) is 31.2 Å². The number of carbonyl (C=O) groups excluding carboxylic acids is 2. The first-order valence-electron chi connectivity index (χ1n) is 9.78. The van der Waals surface area contributed by atoms with Gasteiger partial charge in [-0.25, -0.2) is 0 Å². The molecule has 2 amide bonds. The summed E-state index contributed by atoms with van der Waals surface area (Å²) < 4.78 is 0. The van der Waals surface area contributed by atoms with Crippen LogP contribution in [-0.4, -0.2) is 52.0 Å². The Morgan fingerprint density at radius 1 is 1.14 bits per heavy atom. The standard InChI is InChI=1S/C22H25N3O3/c1-14(27)24-12-19-21(20(13-26)25(19)22(28)17-8-9-17)16-6-4-15(5-7-16)18-3-2-10-23-11-18/h2-7,10-11,17,19-21,26H,8-9,12-13H2,1H3,(H,24,27)/t19-,20-,21+/m0/s1. The Kier molecular flexibility index (Phi) is 5.13. The minimum atomic E-state index is -0.240. The Morgan fingerprint density at radius 2 is 1.89 bits per heavy atom. The van der Waals surface area contributed by atoms with Crippen molar-refractivity contribution in [2.24, 2.45) is 5.92 Å². The lowest BCUT2D eigenvalue weighted by Gasteiger charge is -2.55. The third kappa shape index (κ3) is 3.52. The smallest absolute Gasteiger partial charge is 0.226 e. The highest BCUT2D eigenvalue weighted by Crippen LogP contribution is 2.44. The monoisotopic (exact) mass is 379 g/mol. The molecule has 6 heteroatoms. The topological polar surface area (TPSA) is 82.5 Å². The first kappa shape index (κ1) is 18.6. The van der Waals surface area contributed by atoms with E-state index in [1.165, 1.54) is 6.92 Å². The Morgan fingerprint density at radius 3 is 2.46 bits per heavy atom. The number of nitrogens with one attached hydrogen (secondary N) is 1. The normalized spacial score (nSPS) is 23.8. The largest absolute Gasteiger partial charge is 0.394 e. The molecular weight excluding hydrogens is 354 g/mol. The first-order chi connectivity index (χ1) is 13.6. The van der Waals surface area contributed by atoms with Gasteiger partial charge in [0.1, 0.15) is 0 Å². The van der Waals surface area contributed by atoms with Crippen LogP contribution in [0.25, 0.3) is 11.1 Å². The molecule has 0 radical (unpaired) electrons. The van der Waals surface area contributed by atoms with Crippen molar-refractivity contribution < 1.29 is 14.7 Å². The van der Waals surface area contributed by atoms with E-state index in [2.05, 4.69) is 22.4 Å². The predicted octanol–water partition coefficient (Wildman–Crippen LogP) is 1.95. The van der Waals surface area contributed by atoms with Crippen molar-refractivity contribution in [1.82, 2.24) is 15.2 Å². The van der Waals surface area contributed by atoms with Crippen LogP contribution in [0.2, 0.25) is 0 Å². The molecule has 28 heavy (non-hydrogen) atoms. The number of hydrogen-bond donors (Lipinski definition) is 2. The summed E-state index contributed by atoms with van der Waals surface area (Å²) in [5.41, 5.74) is 3.18. The van der Waals surface area contributed by atoms with Crippen LogP contribution in [0, 0.1) is 5.92 Å². The van der Waals surface area contributed by atoms with E-state index in [-0.39, 0.29) is 42.3 Å². The molecule has 2 aliphatic rings. The molecule has 1 aromatic carbocycles. The Balaban J connectivity index is 1.58. The predicted molar refractivity (Wildman–Crippen MR) is 105 cm³/mol. The summed E-state index contributed by atoms with van der Waals surface area (Å²) in [5, 5.41) is 12.8. The molecule has 2 N–H and O–H groups in total. The molecule has 2 fully saturated rings. The van der Waals surface area contributed by atoms with E-state index >= 15 is 0 Å². The highest BCUT2D eigenvalue weighted by Gasteiger charge is 2.53. The van der Waals surface area contributed by atoms with E-state index in [1.807, 2.05) is 30.5 Å². The molecule has 1 aromatic heterocycles. The number of aliphatic hydroxyl groups is 1. The average molecular weight is 379 g/mol. The number of aromatic nitrogens is 1. The van der Waals surface area contributed by atoms with Crippen LogP contribution in [0.5, 0.6) is 0 Å². The Labute approximate surface area is 164 Å². The van der Waals surface area contributed by atoms with E-state index in [1.54, 1.807) is 11.1 Å². The van der Waals surface area contributed by atoms with Gasteiger partial charge in [0.15, 0.2) is 0 Å². The van der Waals surface area contributed by atoms with Crippen molar-refractivity contribution in [1.29, 1.82) is 0 Å². The lowest BCUT2D eigenvalue weighted by Crippen LogP contribution is -2.68. The van der Waals surface area contributed by atoms with Crippen LogP contribution >= 0.6 is 0 Å². The molecule has 1 aliphatic carbocycles. The molecule has 4 rings (SSSR count). The van der Waals surface area contributed by atoms with E-state index in [9.17, 15) is 14.7 Å². The molecule has 1 aliphatic heterocycles. The van der Waals surface area contributed by atoms with Crippen LogP contribution in [0.4, 0.5) is 0 Å². The van der Waals surface area contributed by atoms with E-state index in [0.717, 1.165) is 29.5 Å². The maximum atomic E-state index is 12.7. The van der Waals surface area contributed by atoms with Gasteiger partial charge in [-0.15, -0.1) is 0 Å². The lowest BCUT2D eigenvalue weighted by molar-refractivity contribution is -0.152. The average Bonchev–Trinajstić information content (AvgIpc) is 3.54. The van der Waals surface area contributed by atoms with Gasteiger partial charge in [-0.2, -0.15) is 0 Å². The summed E-state index contributed by atoms with van der Waals surface area (Å²) in [6.07, 6.45) is 5.41. The number of nitrogens with zero attached hydrogens (tertiary/aromatic N) is 2. The summed E-state index contributed by atoms with van der Waals surface area (Å²) >= 11 is 0. The van der Waals surface area contributed by atoms with Crippen molar-refractivity contribution in [3.05, 3.63) is 54.4 Å². The molecule has 1 saturated carbocycles. The first-order valence-corrected chi connectivity index (χ1v) is 9.78. The second kappa shape index (κ2) is 7.72. The summed E-state index contributed by atoms with van der Waals surface area (Å²) in [7, 11) is 0. The number of amides is 2. The van der Waals surface area contributed by atoms with Gasteiger partial charge in [-0.1, -0.05) is 30.3 Å².